The molecule has 2 heterocycles. The maximum Gasteiger partial charge on any atom is 1.00 e. The number of fused-ring (bicyclic) bond motifs is 2. The molecule has 5 rings (SSSR count). The molecule has 0 aromatic heterocycles. The van der Waals surface area contributed by atoms with Crippen molar-refractivity contribution in [2.75, 3.05) is 29.6 Å². The molecule has 1 atom stereocenters. The Labute approximate surface area is 248 Å². The number of anilines is 2. The number of rotatable bonds is 8. The predicted octanol–water partition coefficient (Wildman–Crippen LogP) is 2.79. The zero-order valence-corrected chi connectivity index (χ0v) is 25.1. The molecule has 188 valence electrons. The van der Waals surface area contributed by atoms with Crippen LogP contribution in [0.15, 0.2) is 83.1 Å². The molecule has 2 aliphatic rings. The van der Waals surface area contributed by atoms with Gasteiger partial charge in [0.25, 0.3) is 7.82 Å². The van der Waals surface area contributed by atoms with Gasteiger partial charge in [-0.25, -0.2) is 0 Å². The van der Waals surface area contributed by atoms with Crippen molar-refractivity contribution in [2.24, 2.45) is 0 Å². The van der Waals surface area contributed by atoms with Gasteiger partial charge in [0.1, 0.15) is 0 Å². The average molecular weight is 564 g/mol. The SMILES string of the molecule is O=P([O-])(O)OCCCOC1CSC(=C2c3ccccc3N(Cc3ccccc3)c3ccccc32)SC1.[Na+]. The molecule has 1 saturated heterocycles. The van der Waals surface area contributed by atoms with E-state index in [1.165, 1.54) is 37.9 Å². The van der Waals surface area contributed by atoms with Gasteiger partial charge < -0.3 is 23.9 Å². The number of hydrogen-bond acceptors (Lipinski definition) is 7. The smallest absolute Gasteiger partial charge is 0.756 e. The van der Waals surface area contributed by atoms with E-state index in [1.807, 2.05) is 29.6 Å². The number of hydrogen-bond donors (Lipinski definition) is 1. The third-order valence-corrected chi connectivity index (χ3v) is 9.24. The van der Waals surface area contributed by atoms with Crippen LogP contribution in [0.3, 0.4) is 0 Å². The minimum atomic E-state index is -4.66. The first-order valence-corrected chi connectivity index (χ1v) is 15.3. The molecule has 3 aromatic carbocycles. The van der Waals surface area contributed by atoms with Crippen LogP contribution in [0.25, 0.3) is 5.57 Å². The van der Waals surface area contributed by atoms with Crippen molar-refractivity contribution in [1.29, 1.82) is 0 Å². The van der Waals surface area contributed by atoms with Gasteiger partial charge in [-0.3, -0.25) is 4.57 Å². The van der Waals surface area contributed by atoms with Gasteiger partial charge in [-0.1, -0.05) is 66.7 Å². The molecule has 1 unspecified atom stereocenters. The minimum absolute atomic E-state index is 0. The van der Waals surface area contributed by atoms with Gasteiger partial charge in [-0.2, -0.15) is 0 Å². The van der Waals surface area contributed by atoms with E-state index in [4.69, 9.17) is 9.63 Å². The van der Waals surface area contributed by atoms with Crippen LogP contribution in [-0.2, 0) is 20.4 Å². The molecule has 2 aliphatic heterocycles. The molecule has 0 bridgehead atoms. The van der Waals surface area contributed by atoms with Crippen molar-refractivity contribution < 1.29 is 53.2 Å². The minimum Gasteiger partial charge on any atom is -0.756 e. The fraction of sp³-hybridized carbons (Fsp3) is 0.259. The number of para-hydroxylation sites is 2. The summed E-state index contributed by atoms with van der Waals surface area (Å²) in [6.45, 7) is 1.11. The van der Waals surface area contributed by atoms with E-state index in [0.717, 1.165) is 18.1 Å². The average Bonchev–Trinajstić information content (AvgIpc) is 2.89. The number of thioether (sulfide) groups is 2. The first-order chi connectivity index (χ1) is 17.5. The maximum atomic E-state index is 10.7. The van der Waals surface area contributed by atoms with Crippen molar-refractivity contribution in [1.82, 2.24) is 0 Å². The van der Waals surface area contributed by atoms with Gasteiger partial charge in [0.15, 0.2) is 0 Å². The van der Waals surface area contributed by atoms with Crippen LogP contribution in [-0.4, -0.2) is 35.7 Å². The third kappa shape index (κ3) is 7.34. The fourth-order valence-corrected chi connectivity index (χ4v) is 7.51. The Morgan fingerprint density at radius 3 is 2.05 bits per heavy atom. The summed E-state index contributed by atoms with van der Waals surface area (Å²) in [6, 6.07) is 27.8. The summed E-state index contributed by atoms with van der Waals surface area (Å²) < 4.78 is 22.3. The van der Waals surface area contributed by atoms with Crippen molar-refractivity contribution in [3.05, 3.63) is 99.8 Å². The molecule has 0 spiro atoms. The van der Waals surface area contributed by atoms with E-state index < -0.39 is 7.82 Å². The summed E-state index contributed by atoms with van der Waals surface area (Å²) >= 11 is 3.62. The van der Waals surface area contributed by atoms with Crippen LogP contribution in [0.2, 0.25) is 0 Å². The Kier molecular flexibility index (Phi) is 10.5. The molecule has 6 nitrogen and oxygen atoms in total. The zero-order chi connectivity index (χ0) is 25.0. The fourth-order valence-electron chi connectivity index (χ4n) is 4.43. The number of nitrogens with zero attached hydrogens (tertiary/aromatic N) is 1. The molecule has 37 heavy (non-hydrogen) atoms. The Balaban J connectivity index is 0.00000320. The molecule has 0 radical (unpaired) electrons. The second kappa shape index (κ2) is 13.4. The Hall–Kier alpha value is -1.03. The first kappa shape index (κ1) is 29.0. The molecule has 0 amide bonds. The third-order valence-electron chi connectivity index (χ3n) is 6.01. The van der Waals surface area contributed by atoms with Crippen LogP contribution in [0, 0.1) is 0 Å². The van der Waals surface area contributed by atoms with Crippen molar-refractivity contribution in [3.63, 3.8) is 0 Å². The number of phosphoric acid groups is 1. The standard InChI is InChI=1S/C27H28NO5PS2.Na/c29-34(30,31)33-16-8-15-32-21-18-35-27(36-19-21)26-22-11-4-6-13-24(22)28(17-20-9-2-1-3-10-20)25-14-7-5-12-23(25)26;/h1-7,9-14,21H,8,15-19H2,(H2,29,30,31);/q;+1/p-1. The van der Waals surface area contributed by atoms with E-state index in [2.05, 4.69) is 82.2 Å². The van der Waals surface area contributed by atoms with Crippen LogP contribution in [0.4, 0.5) is 11.4 Å². The quantitative estimate of drug-likeness (QED) is 0.255. The monoisotopic (exact) mass is 563 g/mol. The Bertz CT molecular complexity index is 1230. The molecule has 1 fully saturated rings. The van der Waals surface area contributed by atoms with E-state index in [-0.39, 0.29) is 42.3 Å². The van der Waals surface area contributed by atoms with Gasteiger partial charge >= 0.3 is 29.6 Å². The van der Waals surface area contributed by atoms with Crippen LogP contribution in [0.1, 0.15) is 23.1 Å². The largest absolute Gasteiger partial charge is 1.00 e. The second-order valence-corrected chi connectivity index (χ2v) is 12.1. The predicted molar refractivity (Wildman–Crippen MR) is 146 cm³/mol. The van der Waals surface area contributed by atoms with Crippen LogP contribution in [0.5, 0.6) is 0 Å². The van der Waals surface area contributed by atoms with Crippen molar-refractivity contribution in [2.45, 2.75) is 19.1 Å². The van der Waals surface area contributed by atoms with E-state index in [0.29, 0.717) is 13.0 Å². The molecule has 0 saturated carbocycles. The summed E-state index contributed by atoms with van der Waals surface area (Å²) in [7, 11) is -4.66. The number of ether oxygens (including phenoxy) is 1. The van der Waals surface area contributed by atoms with E-state index in [9.17, 15) is 9.46 Å². The van der Waals surface area contributed by atoms with E-state index in [1.54, 1.807) is 0 Å². The van der Waals surface area contributed by atoms with Gasteiger partial charge in [0.05, 0.1) is 12.7 Å². The summed E-state index contributed by atoms with van der Waals surface area (Å²) in [6.07, 6.45) is 0.478. The summed E-state index contributed by atoms with van der Waals surface area (Å²) in [5, 5.41) is 0. The summed E-state index contributed by atoms with van der Waals surface area (Å²) in [5.41, 5.74) is 7.45. The normalized spacial score (nSPS) is 18.4. The Morgan fingerprint density at radius 2 is 1.46 bits per heavy atom. The zero-order valence-electron chi connectivity index (χ0n) is 20.6. The summed E-state index contributed by atoms with van der Waals surface area (Å²) in [5.74, 6) is 1.65. The number of benzene rings is 3. The molecule has 0 aliphatic carbocycles. The van der Waals surface area contributed by atoms with Crippen LogP contribution < -0.4 is 39.4 Å². The Morgan fingerprint density at radius 1 is 0.892 bits per heavy atom. The molecule has 3 aromatic rings. The maximum absolute atomic E-state index is 10.7. The van der Waals surface area contributed by atoms with Crippen molar-refractivity contribution >= 4 is 48.3 Å². The van der Waals surface area contributed by atoms with Gasteiger partial charge in [-0.05, 0) is 24.1 Å². The van der Waals surface area contributed by atoms with E-state index >= 15 is 0 Å². The topological polar surface area (TPSA) is 82.1 Å². The molecular weight excluding hydrogens is 536 g/mol. The summed E-state index contributed by atoms with van der Waals surface area (Å²) in [4.78, 5) is 21.8. The van der Waals surface area contributed by atoms with Gasteiger partial charge in [0.2, 0.25) is 0 Å². The number of phosphoric ester groups is 1. The second-order valence-electron chi connectivity index (χ2n) is 8.54. The van der Waals surface area contributed by atoms with Gasteiger partial charge in [0, 0.05) is 57.0 Å². The molecule has 10 heteroatoms. The molecule has 1 N–H and O–H groups in total. The van der Waals surface area contributed by atoms with Crippen molar-refractivity contribution in [3.8, 4) is 0 Å². The first-order valence-electron chi connectivity index (χ1n) is 11.8. The molecular formula is C27H27NNaO5PS2. The van der Waals surface area contributed by atoms with Crippen LogP contribution >= 0.6 is 31.3 Å². The van der Waals surface area contributed by atoms with Gasteiger partial charge in [-0.15, -0.1) is 23.5 Å².